The topological polar surface area (TPSA) is 167 Å². The van der Waals surface area contributed by atoms with Gasteiger partial charge in [0.2, 0.25) is 0 Å². The first-order valence-corrected chi connectivity index (χ1v) is 4.81. The molecule has 0 heterocycles. The van der Waals surface area contributed by atoms with Crippen LogP contribution in [0.5, 0.6) is 0 Å². The second kappa shape index (κ2) is 12.8. The summed E-state index contributed by atoms with van der Waals surface area (Å²) in [7, 11) is 0. The Kier molecular flexibility index (Phi) is 16.9. The Balaban J connectivity index is -0.000000166. The molecule has 0 aromatic carbocycles. The van der Waals surface area contributed by atoms with E-state index in [9.17, 15) is 4.79 Å². The van der Waals surface area contributed by atoms with Crippen molar-refractivity contribution in [3.63, 3.8) is 0 Å². The predicted octanol–water partition coefficient (Wildman–Crippen LogP) is -2.63. The van der Waals surface area contributed by atoms with E-state index in [4.69, 9.17) is 33.8 Å². The van der Waals surface area contributed by atoms with E-state index in [0.717, 1.165) is 0 Å². The van der Waals surface area contributed by atoms with Crippen LogP contribution in [0.3, 0.4) is 0 Å². The van der Waals surface area contributed by atoms with Gasteiger partial charge in [0.05, 0.1) is 0 Å². The number of carboxylic acids is 1. The van der Waals surface area contributed by atoms with E-state index in [-0.39, 0.29) is 16.8 Å². The fourth-order valence-corrected chi connectivity index (χ4v) is 0.349. The van der Waals surface area contributed by atoms with Crippen LogP contribution < -0.4 is 28.7 Å². The monoisotopic (exact) mass is 280 g/mol. The fourth-order valence-electron chi connectivity index (χ4n) is 0.349. The smallest absolute Gasteiger partial charge is 0.480 e. The molecule has 1 saturated carbocycles. The number of aliphatic carboxylic acids is 1. The molecule has 1 radical (unpaired) electrons. The molecule has 1 rings (SSSR count). The molecule has 16 heavy (non-hydrogen) atoms. The maximum absolute atomic E-state index is 9.96. The van der Waals surface area contributed by atoms with Gasteiger partial charge in [0, 0.05) is 26.2 Å². The number of hydrogen-bond acceptors (Lipinski definition) is 6. The molecule has 0 spiro atoms. The van der Waals surface area contributed by atoms with Crippen molar-refractivity contribution in [1.82, 2.24) is 0 Å². The van der Waals surface area contributed by atoms with Crippen LogP contribution in [0.4, 0.5) is 0 Å². The van der Waals surface area contributed by atoms with Crippen LogP contribution in [0.1, 0.15) is 12.8 Å². The average molecular weight is 280 g/mol. The maximum atomic E-state index is 9.96. The summed E-state index contributed by atoms with van der Waals surface area (Å²) in [5.41, 5.74) is 24.0. The number of nitrogens with two attached hydrogens (primary N) is 5. The fraction of sp³-hybridized carbons (Fsp3) is 0.875. The van der Waals surface area contributed by atoms with Gasteiger partial charge in [-0.05, 0) is 12.8 Å². The van der Waals surface area contributed by atoms with E-state index >= 15 is 0 Å². The van der Waals surface area contributed by atoms with E-state index < -0.39 is 11.5 Å². The van der Waals surface area contributed by atoms with Gasteiger partial charge in [0.15, 0.2) is 0 Å². The molecule has 0 aromatic heterocycles. The summed E-state index contributed by atoms with van der Waals surface area (Å²) < 4.78 is 0. The Labute approximate surface area is 106 Å². The van der Waals surface area contributed by atoms with Gasteiger partial charge < -0.3 is 33.8 Å². The summed E-state index contributed by atoms with van der Waals surface area (Å²) in [5.74, 6) is -0.868. The van der Waals surface area contributed by atoms with E-state index in [1.54, 1.807) is 0 Å². The SMILES string of the molecule is NC1(C(=O)O)CC1.NCCN.NCCN.[Co+2]. The zero-order valence-electron chi connectivity index (χ0n) is 9.32. The molecule has 1 aliphatic rings. The van der Waals surface area contributed by atoms with Crippen molar-refractivity contribution in [2.24, 2.45) is 28.7 Å². The van der Waals surface area contributed by atoms with Crippen LogP contribution >= 0.6 is 0 Å². The van der Waals surface area contributed by atoms with Crippen LogP contribution in [0, 0.1) is 0 Å². The van der Waals surface area contributed by atoms with E-state index in [1.807, 2.05) is 0 Å². The molecular formula is C8H23CoN5O2+2. The van der Waals surface area contributed by atoms with Gasteiger partial charge >= 0.3 is 22.7 Å². The summed E-state index contributed by atoms with van der Waals surface area (Å²) in [6, 6.07) is 0. The zero-order valence-corrected chi connectivity index (χ0v) is 10.4. The van der Waals surface area contributed by atoms with Crippen LogP contribution in [-0.4, -0.2) is 42.8 Å². The maximum Gasteiger partial charge on any atom is 2.00 e. The normalized spacial score (nSPS) is 14.3. The minimum absolute atomic E-state index is 0. The van der Waals surface area contributed by atoms with Gasteiger partial charge in [-0.25, -0.2) is 0 Å². The molecule has 0 unspecified atom stereocenters. The Morgan fingerprint density at radius 1 is 1.00 bits per heavy atom. The molecule has 11 N–H and O–H groups in total. The first-order valence-electron chi connectivity index (χ1n) is 4.81. The van der Waals surface area contributed by atoms with Crippen LogP contribution in [0.2, 0.25) is 0 Å². The van der Waals surface area contributed by atoms with Crippen molar-refractivity contribution in [1.29, 1.82) is 0 Å². The van der Waals surface area contributed by atoms with Crippen LogP contribution in [-0.2, 0) is 21.6 Å². The molecular weight excluding hydrogens is 257 g/mol. The van der Waals surface area contributed by atoms with E-state index in [2.05, 4.69) is 0 Å². The zero-order chi connectivity index (χ0) is 12.3. The summed E-state index contributed by atoms with van der Waals surface area (Å²) in [6.07, 6.45) is 1.28. The Hall–Kier alpha value is -0.224. The molecule has 0 aromatic rings. The minimum atomic E-state index is -0.868. The van der Waals surface area contributed by atoms with Crippen LogP contribution in [0.15, 0.2) is 0 Å². The minimum Gasteiger partial charge on any atom is -0.480 e. The first-order chi connectivity index (χ1) is 6.98. The number of carbonyl (C=O) groups is 1. The van der Waals surface area contributed by atoms with E-state index in [1.165, 1.54) is 0 Å². The molecule has 8 heteroatoms. The summed E-state index contributed by atoms with van der Waals surface area (Å²) in [4.78, 5) is 9.96. The molecule has 0 aliphatic heterocycles. The summed E-state index contributed by atoms with van der Waals surface area (Å²) >= 11 is 0. The number of hydrogen-bond donors (Lipinski definition) is 6. The Morgan fingerprint density at radius 3 is 1.25 bits per heavy atom. The molecule has 1 aliphatic carbocycles. The van der Waals surface area contributed by atoms with Crippen molar-refractivity contribution < 1.29 is 26.7 Å². The third-order valence-corrected chi connectivity index (χ3v) is 1.55. The average Bonchev–Trinajstić information content (AvgIpc) is 2.99. The Morgan fingerprint density at radius 2 is 1.25 bits per heavy atom. The van der Waals surface area contributed by atoms with Gasteiger partial charge in [-0.3, -0.25) is 4.79 Å². The van der Waals surface area contributed by atoms with Gasteiger partial charge in [-0.15, -0.1) is 0 Å². The second-order valence-electron chi connectivity index (χ2n) is 3.12. The summed E-state index contributed by atoms with van der Waals surface area (Å²) in [6.45, 7) is 2.39. The molecule has 1 fully saturated rings. The molecule has 0 amide bonds. The van der Waals surface area contributed by atoms with Gasteiger partial charge in [-0.1, -0.05) is 0 Å². The van der Waals surface area contributed by atoms with Crippen molar-refractivity contribution in [2.75, 3.05) is 26.2 Å². The van der Waals surface area contributed by atoms with Gasteiger partial charge in [-0.2, -0.15) is 0 Å². The van der Waals surface area contributed by atoms with Gasteiger partial charge in [0.1, 0.15) is 5.54 Å². The molecule has 0 atom stereocenters. The van der Waals surface area contributed by atoms with Crippen molar-refractivity contribution >= 4 is 5.97 Å². The third-order valence-electron chi connectivity index (χ3n) is 1.55. The Bertz CT molecular complexity index is 159. The first kappa shape index (κ1) is 21.1. The number of carboxylic acid groups (broad SMARTS) is 1. The largest absolute Gasteiger partial charge is 2.00 e. The molecule has 0 saturated heterocycles. The molecule has 0 bridgehead atoms. The van der Waals surface area contributed by atoms with Crippen molar-refractivity contribution in [3.05, 3.63) is 0 Å². The van der Waals surface area contributed by atoms with E-state index in [0.29, 0.717) is 39.0 Å². The second-order valence-corrected chi connectivity index (χ2v) is 3.12. The third kappa shape index (κ3) is 13.8. The van der Waals surface area contributed by atoms with Crippen molar-refractivity contribution in [2.45, 2.75) is 18.4 Å². The van der Waals surface area contributed by atoms with Gasteiger partial charge in [0.25, 0.3) is 0 Å². The van der Waals surface area contributed by atoms with Crippen molar-refractivity contribution in [3.8, 4) is 0 Å². The number of rotatable bonds is 3. The molecule has 7 nitrogen and oxygen atoms in total. The summed E-state index contributed by atoms with van der Waals surface area (Å²) in [5, 5.41) is 8.19. The standard InChI is InChI=1S/C4H7NO2.2C2H8N2.Co/c5-4(1-2-4)3(6)7;2*3-1-2-4;/h1-2,5H2,(H,6,7);2*1-4H2;/q;;;+2. The quantitative estimate of drug-likeness (QED) is 0.328. The predicted molar refractivity (Wildman–Crippen MR) is 60.0 cm³/mol. The molecule has 99 valence electrons. The van der Waals surface area contributed by atoms with Crippen LogP contribution in [0.25, 0.3) is 0 Å².